The number of hydrogen-bond donors (Lipinski definition) is 3. The summed E-state index contributed by atoms with van der Waals surface area (Å²) in [5, 5.41) is 16.1. The minimum Gasteiger partial charge on any atom is -0.481 e. The van der Waals surface area contributed by atoms with E-state index >= 15 is 0 Å². The number of carbonyl (C=O) groups is 1. The van der Waals surface area contributed by atoms with Gasteiger partial charge in [-0.1, -0.05) is 35.5 Å². The molecule has 2 aromatic carbocycles. The zero-order chi connectivity index (χ0) is 19.0. The van der Waals surface area contributed by atoms with E-state index in [4.69, 9.17) is 9.63 Å². The fourth-order valence-corrected chi connectivity index (χ4v) is 3.28. The van der Waals surface area contributed by atoms with Crippen LogP contribution in [0.15, 0.2) is 47.2 Å². The second-order valence-corrected chi connectivity index (χ2v) is 6.28. The number of hydrogen-bond acceptors (Lipinski definition) is 5. The van der Waals surface area contributed by atoms with Crippen LogP contribution in [0.4, 0.5) is 5.69 Å². The average molecular weight is 362 g/mol. The van der Waals surface area contributed by atoms with Crippen LogP contribution in [0, 0.1) is 6.92 Å². The lowest BCUT2D eigenvalue weighted by atomic mass is 9.98. The van der Waals surface area contributed by atoms with Crippen LogP contribution < -0.4 is 5.32 Å². The minimum absolute atomic E-state index is 0.0102. The van der Waals surface area contributed by atoms with Crippen LogP contribution in [0.5, 0.6) is 0 Å². The van der Waals surface area contributed by atoms with Crippen molar-refractivity contribution < 1.29 is 14.4 Å². The van der Waals surface area contributed by atoms with E-state index in [0.29, 0.717) is 5.76 Å². The first-order valence-electron chi connectivity index (χ1n) is 8.50. The van der Waals surface area contributed by atoms with Gasteiger partial charge in [0, 0.05) is 12.6 Å². The van der Waals surface area contributed by atoms with E-state index in [9.17, 15) is 4.79 Å². The number of rotatable bonds is 5. The largest absolute Gasteiger partial charge is 0.481 e. The molecule has 4 aromatic rings. The van der Waals surface area contributed by atoms with Crippen molar-refractivity contribution in [2.75, 3.05) is 12.4 Å². The van der Waals surface area contributed by atoms with E-state index in [-0.39, 0.29) is 6.42 Å². The van der Waals surface area contributed by atoms with Crippen molar-refractivity contribution in [3.8, 4) is 22.5 Å². The highest BCUT2D eigenvalue weighted by Crippen LogP contribution is 2.37. The van der Waals surface area contributed by atoms with Crippen LogP contribution in [0.1, 0.15) is 11.3 Å². The van der Waals surface area contributed by atoms with Crippen molar-refractivity contribution in [3.63, 3.8) is 0 Å². The molecule has 0 aliphatic carbocycles. The Kier molecular flexibility index (Phi) is 4.12. The summed E-state index contributed by atoms with van der Waals surface area (Å²) in [6.45, 7) is 1.88. The first kappa shape index (κ1) is 16.8. The number of aromatic nitrogens is 3. The fourth-order valence-electron chi connectivity index (χ4n) is 3.28. The number of carboxylic acids is 1. The molecule has 0 saturated carbocycles. The molecule has 0 fully saturated rings. The number of H-pyrrole nitrogens is 1. The van der Waals surface area contributed by atoms with E-state index in [1.165, 1.54) is 0 Å². The van der Waals surface area contributed by atoms with Crippen LogP contribution in [0.2, 0.25) is 0 Å². The predicted molar refractivity (Wildman–Crippen MR) is 103 cm³/mol. The summed E-state index contributed by atoms with van der Waals surface area (Å²) < 4.78 is 5.53. The highest BCUT2D eigenvalue weighted by Gasteiger charge is 2.19. The molecule has 27 heavy (non-hydrogen) atoms. The first-order valence-corrected chi connectivity index (χ1v) is 8.50. The summed E-state index contributed by atoms with van der Waals surface area (Å²) in [5.74, 6) is -0.193. The van der Waals surface area contributed by atoms with E-state index in [2.05, 4.69) is 20.4 Å². The van der Waals surface area contributed by atoms with Crippen molar-refractivity contribution in [1.29, 1.82) is 0 Å². The minimum atomic E-state index is -0.842. The van der Waals surface area contributed by atoms with Gasteiger partial charge in [-0.3, -0.25) is 4.79 Å². The van der Waals surface area contributed by atoms with Gasteiger partial charge in [-0.15, -0.1) is 0 Å². The summed E-state index contributed by atoms with van der Waals surface area (Å²) in [5.41, 5.74) is 6.87. The van der Waals surface area contributed by atoms with Gasteiger partial charge < -0.3 is 19.9 Å². The number of aliphatic carboxylic acids is 1. The number of fused-ring (bicyclic) bond motifs is 1. The molecule has 0 atom stereocenters. The smallest absolute Gasteiger partial charge is 0.307 e. The zero-order valence-electron chi connectivity index (χ0n) is 14.9. The molecule has 0 aliphatic heterocycles. The van der Waals surface area contributed by atoms with Gasteiger partial charge in [0.25, 0.3) is 0 Å². The lowest BCUT2D eigenvalue weighted by molar-refractivity contribution is -0.136. The Balaban J connectivity index is 1.81. The van der Waals surface area contributed by atoms with Gasteiger partial charge in [0.15, 0.2) is 5.76 Å². The number of anilines is 1. The predicted octanol–water partition coefficient (Wildman–Crippen LogP) is 3.86. The Labute approximate surface area is 155 Å². The normalized spacial score (nSPS) is 11.0. The molecule has 136 valence electrons. The summed E-state index contributed by atoms with van der Waals surface area (Å²) in [6, 6.07) is 11.5. The van der Waals surface area contributed by atoms with Gasteiger partial charge in [-0.25, -0.2) is 4.98 Å². The quantitative estimate of drug-likeness (QED) is 0.498. The number of benzene rings is 2. The number of nitrogens with zero attached hydrogens (tertiary/aromatic N) is 2. The first-order chi connectivity index (χ1) is 13.1. The number of nitrogens with one attached hydrogen (secondary N) is 2. The monoisotopic (exact) mass is 362 g/mol. The maximum atomic E-state index is 10.9. The molecule has 0 unspecified atom stereocenters. The maximum absolute atomic E-state index is 10.9. The van der Waals surface area contributed by atoms with Gasteiger partial charge in [0.1, 0.15) is 16.9 Å². The van der Waals surface area contributed by atoms with Gasteiger partial charge in [-0.2, -0.15) is 0 Å². The molecule has 3 N–H and O–H groups in total. The molecule has 2 heterocycles. The van der Waals surface area contributed by atoms with Gasteiger partial charge in [0.2, 0.25) is 0 Å². The zero-order valence-corrected chi connectivity index (χ0v) is 14.9. The summed E-state index contributed by atoms with van der Waals surface area (Å²) in [4.78, 5) is 18.5. The Hall–Kier alpha value is -3.61. The summed E-state index contributed by atoms with van der Waals surface area (Å²) in [7, 11) is 1.83. The molecular formula is C20H18N4O3. The number of imidazole rings is 1. The molecule has 0 saturated heterocycles. The Morgan fingerprint density at radius 1 is 1.19 bits per heavy atom. The molecule has 0 bridgehead atoms. The van der Waals surface area contributed by atoms with Crippen molar-refractivity contribution in [2.24, 2.45) is 0 Å². The molecule has 2 aromatic heterocycles. The van der Waals surface area contributed by atoms with Crippen molar-refractivity contribution in [1.82, 2.24) is 15.1 Å². The topological polar surface area (TPSA) is 104 Å². The van der Waals surface area contributed by atoms with Crippen molar-refractivity contribution in [2.45, 2.75) is 13.3 Å². The fraction of sp³-hybridized carbons (Fsp3) is 0.150. The van der Waals surface area contributed by atoms with Gasteiger partial charge in [-0.05, 0) is 24.1 Å². The van der Waals surface area contributed by atoms with Crippen molar-refractivity contribution in [3.05, 3.63) is 54.0 Å². The molecular weight excluding hydrogens is 344 g/mol. The number of carboxylic acid groups (broad SMARTS) is 1. The molecule has 0 radical (unpaired) electrons. The lowest BCUT2D eigenvalue weighted by Crippen LogP contribution is -1.99. The highest BCUT2D eigenvalue weighted by atomic mass is 16.5. The van der Waals surface area contributed by atoms with Crippen LogP contribution in [-0.4, -0.2) is 33.2 Å². The Morgan fingerprint density at radius 2 is 1.93 bits per heavy atom. The van der Waals surface area contributed by atoms with E-state index < -0.39 is 5.97 Å². The van der Waals surface area contributed by atoms with Crippen LogP contribution >= 0.6 is 0 Å². The van der Waals surface area contributed by atoms with Crippen LogP contribution in [-0.2, 0) is 11.2 Å². The van der Waals surface area contributed by atoms with E-state index in [0.717, 1.165) is 44.7 Å². The number of aryl methyl sites for hydroxylation is 1. The van der Waals surface area contributed by atoms with Gasteiger partial charge in [0.05, 0.1) is 23.8 Å². The SMILES string of the molecule is CNc1c(C)noc1-c1ccc(-c2ccc(CC(=O)O)cc2)c2[nH]cnc12. The highest BCUT2D eigenvalue weighted by molar-refractivity contribution is 6.01. The third kappa shape index (κ3) is 2.93. The average Bonchev–Trinajstić information content (AvgIpc) is 3.28. The van der Waals surface area contributed by atoms with Gasteiger partial charge >= 0.3 is 5.97 Å². The van der Waals surface area contributed by atoms with E-state index in [1.807, 2.05) is 50.4 Å². The van der Waals surface area contributed by atoms with Crippen molar-refractivity contribution >= 4 is 22.7 Å². The summed E-state index contributed by atoms with van der Waals surface area (Å²) in [6.07, 6.45) is 1.66. The van der Waals surface area contributed by atoms with Crippen LogP contribution in [0.25, 0.3) is 33.5 Å². The summed E-state index contributed by atoms with van der Waals surface area (Å²) >= 11 is 0. The third-order valence-electron chi connectivity index (χ3n) is 4.56. The molecule has 0 amide bonds. The Morgan fingerprint density at radius 3 is 2.63 bits per heavy atom. The second kappa shape index (κ2) is 6.60. The second-order valence-electron chi connectivity index (χ2n) is 6.28. The Bertz CT molecular complexity index is 1130. The molecule has 7 nitrogen and oxygen atoms in total. The molecule has 0 spiro atoms. The lowest BCUT2D eigenvalue weighted by Gasteiger charge is -2.08. The molecule has 0 aliphatic rings. The van der Waals surface area contributed by atoms with Crippen LogP contribution in [0.3, 0.4) is 0 Å². The molecule has 7 heteroatoms. The maximum Gasteiger partial charge on any atom is 0.307 e. The third-order valence-corrected chi connectivity index (χ3v) is 4.56. The van der Waals surface area contributed by atoms with E-state index in [1.54, 1.807) is 6.33 Å². The number of aromatic amines is 1. The standard InChI is InChI=1S/C20H18N4O3/c1-11-17(21-2)20(27-24-11)15-8-7-14(18-19(15)23-10-22-18)13-5-3-12(4-6-13)9-16(25)26/h3-8,10,21H,9H2,1-2H3,(H,22,23)(H,25,26). The molecule has 4 rings (SSSR count).